The van der Waals surface area contributed by atoms with Crippen molar-refractivity contribution in [1.29, 1.82) is 0 Å². The van der Waals surface area contributed by atoms with Crippen LogP contribution in [-0.2, 0) is 16.1 Å². The van der Waals surface area contributed by atoms with Gasteiger partial charge in [-0.15, -0.1) is 0 Å². The van der Waals surface area contributed by atoms with E-state index in [4.69, 9.17) is 0 Å². The van der Waals surface area contributed by atoms with Crippen LogP contribution in [0.1, 0.15) is 35.7 Å². The smallest absolute Gasteiger partial charge is 0.330 e. The van der Waals surface area contributed by atoms with E-state index in [9.17, 15) is 4.79 Å². The first kappa shape index (κ1) is 17.4. The summed E-state index contributed by atoms with van der Waals surface area (Å²) in [4.78, 5) is 13.7. The Morgan fingerprint density at radius 1 is 1.28 bits per heavy atom. The van der Waals surface area contributed by atoms with Crippen molar-refractivity contribution in [2.45, 2.75) is 32.4 Å². The number of carbonyl (C=O) groups is 1. The van der Waals surface area contributed by atoms with Gasteiger partial charge in [-0.2, -0.15) is 5.10 Å². The van der Waals surface area contributed by atoms with Crippen LogP contribution >= 0.6 is 0 Å². The minimum absolute atomic E-state index is 0.333. The van der Waals surface area contributed by atoms with Gasteiger partial charge >= 0.3 is 5.97 Å². The van der Waals surface area contributed by atoms with Gasteiger partial charge in [-0.25, -0.2) is 4.79 Å². The molecule has 1 fully saturated rings. The fraction of sp³-hybridized carbons (Fsp3) is 0.400. The van der Waals surface area contributed by atoms with Crippen LogP contribution in [0.4, 0.5) is 0 Å². The van der Waals surface area contributed by atoms with Crippen molar-refractivity contribution in [3.8, 4) is 0 Å². The third-order valence-corrected chi connectivity index (χ3v) is 4.69. The van der Waals surface area contributed by atoms with Gasteiger partial charge in [0, 0.05) is 24.9 Å². The van der Waals surface area contributed by atoms with E-state index in [1.165, 1.54) is 31.6 Å². The lowest BCUT2D eigenvalue weighted by Crippen LogP contribution is -2.27. The fourth-order valence-corrected chi connectivity index (χ4v) is 3.35. The Morgan fingerprint density at radius 2 is 2.08 bits per heavy atom. The molecule has 1 saturated heterocycles. The third kappa shape index (κ3) is 4.57. The van der Waals surface area contributed by atoms with Crippen LogP contribution in [-0.4, -0.2) is 40.8 Å². The van der Waals surface area contributed by atoms with Gasteiger partial charge in [0.15, 0.2) is 0 Å². The van der Waals surface area contributed by atoms with Crippen LogP contribution in [0.15, 0.2) is 42.6 Å². The van der Waals surface area contributed by atoms with Gasteiger partial charge in [0.05, 0.1) is 19.3 Å². The highest BCUT2D eigenvalue weighted by Gasteiger charge is 2.25. The molecule has 1 aromatic carbocycles. The lowest BCUT2D eigenvalue weighted by molar-refractivity contribution is -0.134. The molecule has 5 nitrogen and oxygen atoms in total. The van der Waals surface area contributed by atoms with E-state index >= 15 is 0 Å². The summed E-state index contributed by atoms with van der Waals surface area (Å²) in [6, 6.07) is 11.0. The van der Waals surface area contributed by atoms with Crippen LogP contribution in [0.2, 0.25) is 0 Å². The summed E-state index contributed by atoms with van der Waals surface area (Å²) in [5.74, 6) is -0.333. The van der Waals surface area contributed by atoms with Crippen molar-refractivity contribution in [2.24, 2.45) is 0 Å². The molecule has 1 aromatic heterocycles. The molecule has 0 N–H and O–H groups in total. The molecule has 25 heavy (non-hydrogen) atoms. The molecule has 0 saturated carbocycles. The number of aromatic nitrogens is 2. The van der Waals surface area contributed by atoms with E-state index in [0.29, 0.717) is 6.04 Å². The Balaban J connectivity index is 1.61. The third-order valence-electron chi connectivity index (χ3n) is 4.69. The van der Waals surface area contributed by atoms with E-state index in [-0.39, 0.29) is 5.97 Å². The van der Waals surface area contributed by atoms with Crippen LogP contribution in [0.3, 0.4) is 0 Å². The maximum Gasteiger partial charge on any atom is 0.330 e. The molecule has 0 unspecified atom stereocenters. The number of esters is 1. The number of aryl methyl sites for hydroxylation is 1. The molecular formula is C20H25N3O2. The summed E-state index contributed by atoms with van der Waals surface area (Å²) in [5, 5.41) is 4.47. The topological polar surface area (TPSA) is 47.4 Å². The minimum Gasteiger partial charge on any atom is -0.466 e. The van der Waals surface area contributed by atoms with Crippen LogP contribution in [0.5, 0.6) is 0 Å². The van der Waals surface area contributed by atoms with Gasteiger partial charge in [0.2, 0.25) is 0 Å². The lowest BCUT2D eigenvalue weighted by atomic mass is 10.0. The number of likely N-dealkylation sites (tertiary alicyclic amines) is 1. The molecule has 5 heteroatoms. The lowest BCUT2D eigenvalue weighted by Gasteiger charge is -2.24. The van der Waals surface area contributed by atoms with Gasteiger partial charge in [0.1, 0.15) is 0 Å². The van der Waals surface area contributed by atoms with Crippen molar-refractivity contribution in [3.63, 3.8) is 0 Å². The second-order valence-electron chi connectivity index (χ2n) is 6.44. The van der Waals surface area contributed by atoms with Crippen molar-refractivity contribution in [2.75, 3.05) is 20.2 Å². The number of ether oxygens (including phenoxy) is 1. The van der Waals surface area contributed by atoms with Gasteiger partial charge < -0.3 is 4.74 Å². The zero-order chi connectivity index (χ0) is 17.6. The molecule has 132 valence electrons. The highest BCUT2D eigenvalue weighted by molar-refractivity contribution is 5.86. The molecule has 0 bridgehead atoms. The molecule has 3 rings (SSSR count). The fourth-order valence-electron chi connectivity index (χ4n) is 3.35. The van der Waals surface area contributed by atoms with Crippen molar-refractivity contribution < 1.29 is 9.53 Å². The molecule has 2 aromatic rings. The molecule has 0 spiro atoms. The number of methoxy groups -OCH3 is 1. The maximum atomic E-state index is 11.2. The second kappa shape index (κ2) is 8.12. The Labute approximate surface area is 148 Å². The summed E-state index contributed by atoms with van der Waals surface area (Å²) in [6.07, 6.45) is 7.69. The van der Waals surface area contributed by atoms with Gasteiger partial charge in [-0.3, -0.25) is 9.58 Å². The molecule has 0 amide bonds. The summed E-state index contributed by atoms with van der Waals surface area (Å²) in [6.45, 7) is 5.08. The van der Waals surface area contributed by atoms with E-state index in [1.807, 2.05) is 23.9 Å². The van der Waals surface area contributed by atoms with Gasteiger partial charge in [-0.1, -0.05) is 24.3 Å². The van der Waals surface area contributed by atoms with Crippen LogP contribution in [0, 0.1) is 6.92 Å². The summed E-state index contributed by atoms with van der Waals surface area (Å²) in [7, 11) is 1.38. The Hall–Kier alpha value is -2.40. The molecule has 1 aliphatic heterocycles. The van der Waals surface area contributed by atoms with Gasteiger partial charge in [0.25, 0.3) is 0 Å². The highest BCUT2D eigenvalue weighted by Crippen LogP contribution is 2.31. The predicted octanol–water partition coefficient (Wildman–Crippen LogP) is 3.21. The Morgan fingerprint density at radius 3 is 2.76 bits per heavy atom. The second-order valence-corrected chi connectivity index (χ2v) is 6.44. The average Bonchev–Trinajstić information content (AvgIpc) is 3.27. The Kier molecular flexibility index (Phi) is 5.66. The SMILES string of the molecule is COC(=O)/C=C/c1ccc([C@@H]2CCCN2CCn2ccc(C)n2)cc1. The van der Waals surface area contributed by atoms with E-state index in [0.717, 1.165) is 30.9 Å². The average molecular weight is 339 g/mol. The van der Waals surface area contributed by atoms with Crippen molar-refractivity contribution in [3.05, 3.63) is 59.4 Å². The quantitative estimate of drug-likeness (QED) is 0.599. The molecule has 0 radical (unpaired) electrons. The summed E-state index contributed by atoms with van der Waals surface area (Å²) in [5.41, 5.74) is 3.41. The first-order chi connectivity index (χ1) is 12.2. The Bertz CT molecular complexity index is 734. The summed E-state index contributed by atoms with van der Waals surface area (Å²) >= 11 is 0. The number of hydrogen-bond acceptors (Lipinski definition) is 4. The zero-order valence-corrected chi connectivity index (χ0v) is 14.9. The molecule has 0 aliphatic carbocycles. The zero-order valence-electron chi connectivity index (χ0n) is 14.9. The van der Waals surface area contributed by atoms with E-state index < -0.39 is 0 Å². The molecule has 2 heterocycles. The first-order valence-corrected chi connectivity index (χ1v) is 8.76. The summed E-state index contributed by atoms with van der Waals surface area (Å²) < 4.78 is 6.64. The van der Waals surface area contributed by atoms with Crippen molar-refractivity contribution in [1.82, 2.24) is 14.7 Å². The largest absolute Gasteiger partial charge is 0.466 e. The highest BCUT2D eigenvalue weighted by atomic mass is 16.5. The van der Waals surface area contributed by atoms with Crippen LogP contribution in [0.25, 0.3) is 6.08 Å². The standard InChI is InChI=1S/C20H25N3O2/c1-16-11-13-23(21-16)15-14-22-12-3-4-19(22)18-8-5-17(6-9-18)7-10-20(24)25-2/h5-11,13,19H,3-4,12,14-15H2,1-2H3/b10-7+/t19-/m0/s1. The predicted molar refractivity (Wildman–Crippen MR) is 98.0 cm³/mol. The molecule has 1 aliphatic rings. The first-order valence-electron chi connectivity index (χ1n) is 8.76. The van der Waals surface area contributed by atoms with Crippen LogP contribution < -0.4 is 0 Å². The number of benzene rings is 1. The molecule has 1 atom stereocenters. The van der Waals surface area contributed by atoms with E-state index in [2.05, 4.69) is 39.0 Å². The number of nitrogens with zero attached hydrogens (tertiary/aromatic N) is 3. The monoisotopic (exact) mass is 339 g/mol. The van der Waals surface area contributed by atoms with Gasteiger partial charge in [-0.05, 0) is 49.6 Å². The molecular weight excluding hydrogens is 314 g/mol. The number of hydrogen-bond donors (Lipinski definition) is 0. The number of carbonyl (C=O) groups excluding carboxylic acids is 1. The normalized spacial score (nSPS) is 18.1. The number of rotatable bonds is 6. The van der Waals surface area contributed by atoms with E-state index in [1.54, 1.807) is 6.08 Å². The maximum absolute atomic E-state index is 11.2. The van der Waals surface area contributed by atoms with Crippen molar-refractivity contribution >= 4 is 12.0 Å². The minimum atomic E-state index is -0.333.